The molecule has 0 bridgehead atoms. The smallest absolute Gasteiger partial charge is 0.254 e. The second-order valence-corrected chi connectivity index (χ2v) is 3.94. The van der Waals surface area contributed by atoms with E-state index >= 15 is 0 Å². The molecule has 0 aromatic carbocycles. The van der Waals surface area contributed by atoms with Crippen molar-refractivity contribution in [2.45, 2.75) is 45.3 Å². The van der Waals surface area contributed by atoms with E-state index in [1.807, 2.05) is 6.92 Å². The molecule has 0 aromatic heterocycles. The van der Waals surface area contributed by atoms with Crippen molar-refractivity contribution in [2.75, 3.05) is 13.1 Å². The van der Waals surface area contributed by atoms with Gasteiger partial charge in [0.05, 0.1) is 6.10 Å². The van der Waals surface area contributed by atoms with E-state index in [1.54, 1.807) is 11.0 Å². The molecule has 0 aliphatic carbocycles. The first kappa shape index (κ1) is 15.1. The molecule has 1 amide bonds. The van der Waals surface area contributed by atoms with Crippen molar-refractivity contribution in [3.63, 3.8) is 0 Å². The minimum Gasteiger partial charge on any atom is -0.390 e. The summed E-state index contributed by atoms with van der Waals surface area (Å²) in [5, 5.41) is 18.7. The molecule has 0 aliphatic heterocycles. The maximum Gasteiger partial charge on any atom is 0.254 e. The van der Waals surface area contributed by atoms with Crippen LogP contribution in [0.1, 0.15) is 33.1 Å². The third-order valence-electron chi connectivity index (χ3n) is 2.41. The summed E-state index contributed by atoms with van der Waals surface area (Å²) in [6.07, 6.45) is 1.98. The van der Waals surface area contributed by atoms with Crippen LogP contribution in [0.3, 0.4) is 0 Å². The van der Waals surface area contributed by atoms with Gasteiger partial charge in [-0.1, -0.05) is 19.4 Å². The van der Waals surface area contributed by atoms with Crippen molar-refractivity contribution in [3.8, 4) is 0 Å². The predicted molar refractivity (Wildman–Crippen MR) is 64.0 cm³/mol. The summed E-state index contributed by atoms with van der Waals surface area (Å²) in [4.78, 5) is 13.4. The summed E-state index contributed by atoms with van der Waals surface area (Å²) in [6, 6.07) is 0. The second kappa shape index (κ2) is 8.30. The zero-order valence-electron chi connectivity index (χ0n) is 10.2. The van der Waals surface area contributed by atoms with Crippen LogP contribution in [0.5, 0.6) is 0 Å². The Balaban J connectivity index is 4.35. The number of aliphatic hydroxyl groups excluding tert-OH is 2. The van der Waals surface area contributed by atoms with Gasteiger partial charge in [0.25, 0.3) is 5.91 Å². The van der Waals surface area contributed by atoms with Crippen LogP contribution in [-0.4, -0.2) is 46.3 Å². The molecule has 0 spiro atoms. The Morgan fingerprint density at radius 2 is 2.06 bits per heavy atom. The van der Waals surface area contributed by atoms with E-state index in [0.717, 1.165) is 12.8 Å². The zero-order valence-corrected chi connectivity index (χ0v) is 10.2. The fraction of sp³-hybridized carbons (Fsp3) is 0.750. The predicted octanol–water partition coefficient (Wildman–Crippen LogP) is 0.933. The summed E-state index contributed by atoms with van der Waals surface area (Å²) < 4.78 is 0. The van der Waals surface area contributed by atoms with E-state index < -0.39 is 18.1 Å². The minimum atomic E-state index is -1.32. The lowest BCUT2D eigenvalue weighted by Crippen LogP contribution is -2.44. The molecule has 0 heterocycles. The highest BCUT2D eigenvalue weighted by Crippen LogP contribution is 2.04. The van der Waals surface area contributed by atoms with Crippen LogP contribution in [0, 0.1) is 0 Å². The number of nitrogens with zero attached hydrogens (tertiary/aromatic N) is 1. The average molecular weight is 229 g/mol. The molecule has 0 saturated carbocycles. The third kappa shape index (κ3) is 5.28. The number of carbonyl (C=O) groups is 1. The molecule has 0 saturated heterocycles. The number of carbonyl (C=O) groups excluding carboxylic acids is 1. The van der Waals surface area contributed by atoms with Crippen molar-refractivity contribution in [2.24, 2.45) is 0 Å². The Bertz CT molecular complexity index is 216. The molecule has 0 aromatic rings. The lowest BCUT2D eigenvalue weighted by molar-refractivity contribution is -0.145. The Labute approximate surface area is 97.6 Å². The van der Waals surface area contributed by atoms with Gasteiger partial charge in [0.1, 0.15) is 0 Å². The Hall–Kier alpha value is -0.870. The van der Waals surface area contributed by atoms with Crippen LogP contribution in [0.15, 0.2) is 12.7 Å². The van der Waals surface area contributed by atoms with Crippen LogP contribution >= 0.6 is 0 Å². The number of aliphatic hydroxyl groups is 2. The third-order valence-corrected chi connectivity index (χ3v) is 2.41. The molecule has 4 heteroatoms. The maximum atomic E-state index is 11.8. The largest absolute Gasteiger partial charge is 0.390 e. The SMILES string of the molecule is C=CCCN(CCCC)C(=O)C(O)C(C)O. The van der Waals surface area contributed by atoms with Gasteiger partial charge in [0.15, 0.2) is 6.10 Å². The van der Waals surface area contributed by atoms with Crippen molar-refractivity contribution in [3.05, 3.63) is 12.7 Å². The summed E-state index contributed by atoms with van der Waals surface area (Å²) in [5.74, 6) is -0.398. The van der Waals surface area contributed by atoms with Crippen molar-refractivity contribution >= 4 is 5.91 Å². The number of rotatable bonds is 8. The van der Waals surface area contributed by atoms with Gasteiger partial charge in [-0.05, 0) is 19.8 Å². The highest BCUT2D eigenvalue weighted by atomic mass is 16.3. The van der Waals surface area contributed by atoms with E-state index in [0.29, 0.717) is 19.5 Å². The van der Waals surface area contributed by atoms with Crippen LogP contribution in [0.25, 0.3) is 0 Å². The normalized spacial score (nSPS) is 14.2. The molecular weight excluding hydrogens is 206 g/mol. The van der Waals surface area contributed by atoms with Gasteiger partial charge in [-0.2, -0.15) is 0 Å². The van der Waals surface area contributed by atoms with Gasteiger partial charge < -0.3 is 15.1 Å². The van der Waals surface area contributed by atoms with Crippen LogP contribution in [-0.2, 0) is 4.79 Å². The molecule has 4 nitrogen and oxygen atoms in total. The average Bonchev–Trinajstić information content (AvgIpc) is 2.27. The summed E-state index contributed by atoms with van der Waals surface area (Å²) in [7, 11) is 0. The fourth-order valence-electron chi connectivity index (χ4n) is 1.32. The molecule has 0 aliphatic rings. The number of unbranched alkanes of at least 4 members (excludes halogenated alkanes) is 1. The first-order valence-electron chi connectivity index (χ1n) is 5.80. The molecule has 2 N–H and O–H groups in total. The van der Waals surface area contributed by atoms with Crippen molar-refractivity contribution in [1.82, 2.24) is 4.90 Å². The van der Waals surface area contributed by atoms with Crippen molar-refractivity contribution in [1.29, 1.82) is 0 Å². The molecule has 16 heavy (non-hydrogen) atoms. The summed E-state index contributed by atoms with van der Waals surface area (Å²) in [5.41, 5.74) is 0. The van der Waals surface area contributed by atoms with Gasteiger partial charge in [0, 0.05) is 13.1 Å². The van der Waals surface area contributed by atoms with Gasteiger partial charge in [-0.3, -0.25) is 4.79 Å². The standard InChI is InChI=1S/C12H23NO3/c1-4-6-8-13(9-7-5-2)12(16)11(15)10(3)14/h4,10-11,14-15H,1,5-9H2,2-3H3. The Morgan fingerprint density at radius 1 is 1.44 bits per heavy atom. The molecule has 0 rings (SSSR count). The van der Waals surface area contributed by atoms with Crippen LogP contribution in [0.2, 0.25) is 0 Å². The Kier molecular flexibility index (Phi) is 7.85. The minimum absolute atomic E-state index is 0.398. The molecular formula is C12H23NO3. The highest BCUT2D eigenvalue weighted by molar-refractivity contribution is 5.81. The number of hydrogen-bond donors (Lipinski definition) is 2. The zero-order chi connectivity index (χ0) is 12.6. The summed E-state index contributed by atoms with van der Waals surface area (Å²) in [6.45, 7) is 8.22. The number of hydrogen-bond acceptors (Lipinski definition) is 3. The van der Waals surface area contributed by atoms with Gasteiger partial charge in [0.2, 0.25) is 0 Å². The van der Waals surface area contributed by atoms with Gasteiger partial charge >= 0.3 is 0 Å². The summed E-state index contributed by atoms with van der Waals surface area (Å²) >= 11 is 0. The quantitative estimate of drug-likeness (QED) is 0.609. The van der Waals surface area contributed by atoms with Crippen LogP contribution in [0.4, 0.5) is 0 Å². The van der Waals surface area contributed by atoms with E-state index in [9.17, 15) is 15.0 Å². The van der Waals surface area contributed by atoms with E-state index in [-0.39, 0.29) is 0 Å². The highest BCUT2D eigenvalue weighted by Gasteiger charge is 2.25. The molecule has 2 unspecified atom stereocenters. The first-order valence-corrected chi connectivity index (χ1v) is 5.80. The topological polar surface area (TPSA) is 60.8 Å². The van der Waals surface area contributed by atoms with Gasteiger partial charge in [-0.15, -0.1) is 6.58 Å². The van der Waals surface area contributed by atoms with E-state index in [1.165, 1.54) is 6.92 Å². The molecule has 94 valence electrons. The van der Waals surface area contributed by atoms with Crippen molar-refractivity contribution < 1.29 is 15.0 Å². The fourth-order valence-corrected chi connectivity index (χ4v) is 1.32. The van der Waals surface area contributed by atoms with Gasteiger partial charge in [-0.25, -0.2) is 0 Å². The Morgan fingerprint density at radius 3 is 2.50 bits per heavy atom. The second-order valence-electron chi connectivity index (χ2n) is 3.94. The maximum absolute atomic E-state index is 11.8. The number of amides is 1. The van der Waals surface area contributed by atoms with E-state index in [2.05, 4.69) is 6.58 Å². The van der Waals surface area contributed by atoms with Crippen LogP contribution < -0.4 is 0 Å². The molecule has 2 atom stereocenters. The molecule has 0 fully saturated rings. The lowest BCUT2D eigenvalue weighted by Gasteiger charge is -2.25. The monoisotopic (exact) mass is 229 g/mol. The molecule has 0 radical (unpaired) electrons. The van der Waals surface area contributed by atoms with E-state index in [4.69, 9.17) is 0 Å². The lowest BCUT2D eigenvalue weighted by atomic mass is 10.2. The first-order chi connectivity index (χ1) is 7.54.